The number of ether oxygens (including phenoxy) is 2. The predicted molar refractivity (Wildman–Crippen MR) is 124 cm³/mol. The summed E-state index contributed by atoms with van der Waals surface area (Å²) in [4.78, 5) is 19.8. The number of hydrogen-bond donors (Lipinski definition) is 1. The third-order valence-corrected chi connectivity index (χ3v) is 6.60. The van der Waals surface area contributed by atoms with Crippen molar-refractivity contribution in [3.05, 3.63) is 65.4 Å². The molecule has 1 unspecified atom stereocenters. The minimum Gasteiger partial charge on any atom is -0.497 e. The molecule has 1 aliphatic carbocycles. The Morgan fingerprint density at radius 3 is 2.81 bits per heavy atom. The van der Waals surface area contributed by atoms with Gasteiger partial charge in [-0.1, -0.05) is 12.1 Å². The normalized spacial score (nSPS) is 20.7. The van der Waals surface area contributed by atoms with Crippen molar-refractivity contribution >= 4 is 16.8 Å². The van der Waals surface area contributed by atoms with Gasteiger partial charge in [0.25, 0.3) is 5.91 Å². The second kappa shape index (κ2) is 8.10. The van der Waals surface area contributed by atoms with Crippen LogP contribution in [0.2, 0.25) is 0 Å². The number of carbonyl (C=O) groups excluding carboxylic acids is 1. The van der Waals surface area contributed by atoms with E-state index in [1.54, 1.807) is 31.5 Å². The monoisotopic (exact) mass is 433 g/mol. The van der Waals surface area contributed by atoms with Gasteiger partial charge in [-0.25, -0.2) is 0 Å². The first kappa shape index (κ1) is 18.5. The van der Waals surface area contributed by atoms with Crippen molar-refractivity contribution in [2.24, 2.45) is 0 Å². The zero-order chi connectivity index (χ0) is 24.1. The highest BCUT2D eigenvalue weighted by atomic mass is 16.5. The van der Waals surface area contributed by atoms with Crippen molar-refractivity contribution in [3.8, 4) is 11.5 Å². The van der Waals surface area contributed by atoms with Crippen LogP contribution in [0.25, 0.3) is 10.9 Å². The van der Waals surface area contributed by atoms with E-state index in [4.69, 9.17) is 12.2 Å². The van der Waals surface area contributed by atoms with Crippen molar-refractivity contribution in [1.82, 2.24) is 15.2 Å². The van der Waals surface area contributed by atoms with E-state index in [9.17, 15) is 4.79 Å². The van der Waals surface area contributed by atoms with Crippen molar-refractivity contribution in [3.63, 3.8) is 0 Å². The van der Waals surface area contributed by atoms with Gasteiger partial charge in [-0.15, -0.1) is 0 Å². The molecule has 6 heteroatoms. The molecule has 5 rings (SSSR count). The molecule has 1 saturated carbocycles. The minimum atomic E-state index is -1.83. The molecule has 0 radical (unpaired) electrons. The van der Waals surface area contributed by atoms with E-state index in [-0.39, 0.29) is 11.9 Å². The SMILES string of the molecule is [2H]C([2H])(Oc1ccc(C)c(C(=O)NC2(c3cc(OC)cc4ncccc34)CC2)c1)C1CCN1C. The fourth-order valence-electron chi connectivity index (χ4n) is 4.25. The number of nitrogens with one attached hydrogen (secondary N) is 1. The van der Waals surface area contributed by atoms with Crippen LogP contribution < -0.4 is 14.8 Å². The molecule has 1 amide bonds. The molecule has 0 spiro atoms. The first-order valence-corrected chi connectivity index (χ1v) is 11.0. The molecule has 6 nitrogen and oxygen atoms in total. The smallest absolute Gasteiger partial charge is 0.252 e. The molecule has 2 aromatic carbocycles. The Bertz CT molecular complexity index is 1260. The fraction of sp³-hybridized carbons (Fsp3) is 0.385. The van der Waals surface area contributed by atoms with Crippen LogP contribution in [0.15, 0.2) is 48.7 Å². The number of hydrogen-bond acceptors (Lipinski definition) is 5. The summed E-state index contributed by atoms with van der Waals surface area (Å²) < 4.78 is 27.9. The van der Waals surface area contributed by atoms with E-state index in [1.165, 1.54) is 0 Å². The van der Waals surface area contributed by atoms with Gasteiger partial charge in [0.15, 0.2) is 0 Å². The second-order valence-corrected chi connectivity index (χ2v) is 8.76. The van der Waals surface area contributed by atoms with E-state index < -0.39 is 12.1 Å². The zero-order valence-electron chi connectivity index (χ0n) is 20.6. The molecule has 0 bridgehead atoms. The van der Waals surface area contributed by atoms with E-state index in [2.05, 4.69) is 10.3 Å². The predicted octanol–water partition coefficient (Wildman–Crippen LogP) is 4.05. The van der Waals surface area contributed by atoms with E-state index in [1.807, 2.05) is 43.1 Å². The molecule has 2 fully saturated rings. The summed E-state index contributed by atoms with van der Waals surface area (Å²) in [5.41, 5.74) is 2.62. The highest BCUT2D eigenvalue weighted by Crippen LogP contribution is 2.49. The van der Waals surface area contributed by atoms with Crippen molar-refractivity contribution in [1.29, 1.82) is 0 Å². The largest absolute Gasteiger partial charge is 0.497 e. The van der Waals surface area contributed by atoms with Crippen LogP contribution in [0.1, 0.15) is 43.5 Å². The number of likely N-dealkylation sites (N-methyl/N-ethyl adjacent to an activating group) is 1. The number of carbonyl (C=O) groups is 1. The van der Waals surface area contributed by atoms with E-state index in [0.717, 1.165) is 47.8 Å². The van der Waals surface area contributed by atoms with Gasteiger partial charge in [-0.05, 0) is 75.2 Å². The molecule has 3 aromatic rings. The van der Waals surface area contributed by atoms with Gasteiger partial charge in [0, 0.05) is 29.3 Å². The van der Waals surface area contributed by atoms with E-state index >= 15 is 0 Å². The molecule has 1 aromatic heterocycles. The molecule has 2 heterocycles. The Hall–Kier alpha value is -3.12. The van der Waals surface area contributed by atoms with Crippen LogP contribution >= 0.6 is 0 Å². The summed E-state index contributed by atoms with van der Waals surface area (Å²) in [7, 11) is 3.51. The van der Waals surface area contributed by atoms with Crippen LogP contribution in [0.4, 0.5) is 0 Å². The van der Waals surface area contributed by atoms with Gasteiger partial charge >= 0.3 is 0 Å². The Labute approximate surface area is 191 Å². The van der Waals surface area contributed by atoms with Crippen LogP contribution in [0.5, 0.6) is 11.5 Å². The summed E-state index contributed by atoms with van der Waals surface area (Å²) in [5.74, 6) is 0.847. The topological polar surface area (TPSA) is 63.7 Å². The lowest BCUT2D eigenvalue weighted by Gasteiger charge is -2.37. The maximum Gasteiger partial charge on any atom is 0.252 e. The standard InChI is InChI=1S/C26H29N3O3/c1-17-6-7-19(32-16-18-8-12-29(18)2)13-22(17)25(30)28-26(9-10-26)23-14-20(31-3)15-24-21(23)5-4-11-27-24/h4-7,11,13-15,18H,8-10,12,16H2,1-3H3,(H,28,30)/i16D2. The number of likely N-dealkylation sites (tertiary alicyclic amines) is 1. The van der Waals surface area contributed by atoms with Gasteiger partial charge in [0.05, 0.1) is 20.9 Å². The quantitative estimate of drug-likeness (QED) is 0.609. The van der Waals surface area contributed by atoms with Crippen molar-refractivity contribution < 1.29 is 17.0 Å². The molecule has 1 atom stereocenters. The molecular formula is C26H29N3O3. The molecule has 2 aliphatic rings. The van der Waals surface area contributed by atoms with Crippen molar-refractivity contribution in [2.45, 2.75) is 37.8 Å². The summed E-state index contributed by atoms with van der Waals surface area (Å²) >= 11 is 0. The third kappa shape index (κ3) is 3.79. The number of aryl methyl sites for hydroxylation is 1. The summed E-state index contributed by atoms with van der Waals surface area (Å²) in [6, 6.07) is 12.7. The molecule has 1 N–H and O–H groups in total. The zero-order valence-corrected chi connectivity index (χ0v) is 18.6. The highest BCUT2D eigenvalue weighted by Gasteiger charge is 2.47. The lowest BCUT2D eigenvalue weighted by Crippen LogP contribution is -2.48. The number of amides is 1. The number of rotatable bonds is 7. The Kier molecular flexibility index (Phi) is 4.67. The lowest BCUT2D eigenvalue weighted by molar-refractivity contribution is 0.0767. The maximum atomic E-state index is 13.4. The second-order valence-electron chi connectivity index (χ2n) is 8.76. The maximum absolute atomic E-state index is 13.4. The Morgan fingerprint density at radius 2 is 2.12 bits per heavy atom. The van der Waals surface area contributed by atoms with Gasteiger partial charge in [0.1, 0.15) is 18.1 Å². The summed E-state index contributed by atoms with van der Waals surface area (Å²) in [6.45, 7) is 0.892. The number of pyridine rings is 1. The Morgan fingerprint density at radius 1 is 1.28 bits per heavy atom. The van der Waals surface area contributed by atoms with Gasteiger partial charge in [-0.2, -0.15) is 0 Å². The number of fused-ring (bicyclic) bond motifs is 1. The van der Waals surface area contributed by atoms with Crippen LogP contribution in [0.3, 0.4) is 0 Å². The number of nitrogens with zero attached hydrogens (tertiary/aromatic N) is 2. The van der Waals surface area contributed by atoms with E-state index in [0.29, 0.717) is 17.1 Å². The number of benzene rings is 2. The van der Waals surface area contributed by atoms with Crippen LogP contribution in [-0.4, -0.2) is 49.1 Å². The molecule has 32 heavy (non-hydrogen) atoms. The molecule has 1 saturated heterocycles. The van der Waals surface area contributed by atoms with Crippen LogP contribution in [0, 0.1) is 6.92 Å². The third-order valence-electron chi connectivity index (χ3n) is 6.60. The number of aromatic nitrogens is 1. The van der Waals surface area contributed by atoms with Gasteiger partial charge in [-0.3, -0.25) is 14.7 Å². The average Bonchev–Trinajstić information content (AvgIpc) is 3.58. The van der Waals surface area contributed by atoms with Crippen molar-refractivity contribution in [2.75, 3.05) is 27.3 Å². The van der Waals surface area contributed by atoms with Gasteiger partial charge in [0.2, 0.25) is 0 Å². The molecule has 1 aliphatic heterocycles. The highest BCUT2D eigenvalue weighted by molar-refractivity contribution is 5.97. The minimum absolute atomic E-state index is 0.207. The summed E-state index contributed by atoms with van der Waals surface area (Å²) in [6.07, 6.45) is 4.14. The number of methoxy groups -OCH3 is 1. The average molecular weight is 434 g/mol. The fourth-order valence-corrected chi connectivity index (χ4v) is 4.25. The van der Waals surface area contributed by atoms with Crippen LogP contribution in [-0.2, 0) is 5.54 Å². The molecular weight excluding hydrogens is 402 g/mol. The molecule has 166 valence electrons. The Balaban J connectivity index is 1.42. The summed E-state index contributed by atoms with van der Waals surface area (Å²) in [5, 5.41) is 4.24. The van der Waals surface area contributed by atoms with Gasteiger partial charge < -0.3 is 14.8 Å². The lowest BCUT2D eigenvalue weighted by atomic mass is 9.97. The first-order chi connectivity index (χ1) is 16.2. The first-order valence-electron chi connectivity index (χ1n) is 12.0.